The highest BCUT2D eigenvalue weighted by atomic mass is 16.6. The minimum atomic E-state index is -0.535. The van der Waals surface area contributed by atoms with Gasteiger partial charge in [0.1, 0.15) is 6.10 Å². The van der Waals surface area contributed by atoms with Crippen LogP contribution in [0.15, 0.2) is 24.3 Å². The van der Waals surface area contributed by atoms with Crippen molar-refractivity contribution < 1.29 is 19.4 Å². The van der Waals surface area contributed by atoms with Gasteiger partial charge in [0, 0.05) is 13.0 Å². The Morgan fingerprint density at radius 1 is 0.561 bits per heavy atom. The van der Waals surface area contributed by atoms with Gasteiger partial charge in [-0.2, -0.15) is 0 Å². The largest absolute Gasteiger partial charge is 0.457 e. The number of carbonyl (C=O) groups is 1. The molecule has 0 aliphatic rings. The highest BCUT2D eigenvalue weighted by molar-refractivity contribution is 5.69. The van der Waals surface area contributed by atoms with E-state index in [1.54, 1.807) is 0 Å². The first-order chi connectivity index (χ1) is 20.2. The van der Waals surface area contributed by atoms with E-state index < -0.39 is 6.10 Å². The number of esters is 1. The van der Waals surface area contributed by atoms with E-state index in [-0.39, 0.29) is 12.6 Å². The lowest BCUT2D eigenvalue weighted by Gasteiger charge is -2.15. The molecule has 0 spiro atoms. The van der Waals surface area contributed by atoms with Crippen LogP contribution in [0.3, 0.4) is 0 Å². The second kappa shape index (κ2) is 35.1. The number of aliphatic hydroxyl groups is 1. The normalized spacial score (nSPS) is 12.6. The van der Waals surface area contributed by atoms with Gasteiger partial charge in [0.2, 0.25) is 0 Å². The molecule has 0 saturated heterocycles. The highest BCUT2D eigenvalue weighted by Crippen LogP contribution is 2.12. The Morgan fingerprint density at radius 3 is 1.49 bits per heavy atom. The van der Waals surface area contributed by atoms with Crippen LogP contribution >= 0.6 is 0 Å². The first-order valence-corrected chi connectivity index (χ1v) is 17.9. The van der Waals surface area contributed by atoms with Crippen molar-refractivity contribution in [3.05, 3.63) is 24.3 Å². The Hall–Kier alpha value is -1.13. The van der Waals surface area contributed by atoms with Crippen LogP contribution in [0.1, 0.15) is 181 Å². The molecule has 0 aliphatic carbocycles. The molecular formula is C37H70O4. The van der Waals surface area contributed by atoms with Crippen molar-refractivity contribution in [1.29, 1.82) is 0 Å². The third-order valence-electron chi connectivity index (χ3n) is 7.73. The summed E-state index contributed by atoms with van der Waals surface area (Å²) in [6, 6.07) is 0. The average Bonchev–Trinajstić information content (AvgIpc) is 2.98. The van der Waals surface area contributed by atoms with Gasteiger partial charge in [-0.25, -0.2) is 0 Å². The first kappa shape index (κ1) is 39.9. The summed E-state index contributed by atoms with van der Waals surface area (Å²) in [5.41, 5.74) is 0. The lowest BCUT2D eigenvalue weighted by Crippen LogP contribution is -2.27. The molecule has 1 atom stereocenters. The number of unbranched alkanes of at least 4 members (excludes halogenated alkanes) is 21. The number of hydrogen-bond donors (Lipinski definition) is 1. The van der Waals surface area contributed by atoms with E-state index in [9.17, 15) is 9.90 Å². The van der Waals surface area contributed by atoms with Crippen molar-refractivity contribution in [2.45, 2.75) is 187 Å². The summed E-state index contributed by atoms with van der Waals surface area (Å²) in [5, 5.41) is 9.52. The summed E-state index contributed by atoms with van der Waals surface area (Å²) in [5.74, 6) is -0.213. The molecule has 242 valence electrons. The molecule has 0 bridgehead atoms. The zero-order valence-electron chi connectivity index (χ0n) is 27.6. The Kier molecular flexibility index (Phi) is 34.1. The summed E-state index contributed by atoms with van der Waals surface area (Å²) in [7, 11) is 0. The summed E-state index contributed by atoms with van der Waals surface area (Å²) in [4.78, 5) is 12.1. The number of rotatable bonds is 33. The van der Waals surface area contributed by atoms with E-state index in [1.165, 1.54) is 135 Å². The topological polar surface area (TPSA) is 55.8 Å². The third-order valence-corrected chi connectivity index (χ3v) is 7.73. The number of allylic oxidation sites excluding steroid dienone is 4. The molecule has 0 aromatic rings. The molecule has 0 rings (SSSR count). The van der Waals surface area contributed by atoms with Crippen molar-refractivity contribution in [1.82, 2.24) is 0 Å². The average molecular weight is 579 g/mol. The maximum Gasteiger partial charge on any atom is 0.306 e. The van der Waals surface area contributed by atoms with Crippen molar-refractivity contribution >= 4 is 5.97 Å². The predicted octanol–water partition coefficient (Wildman–Crippen LogP) is 11.2. The summed E-state index contributed by atoms with van der Waals surface area (Å²) < 4.78 is 11.1. The molecule has 0 saturated carbocycles. The summed E-state index contributed by atoms with van der Waals surface area (Å²) >= 11 is 0. The van der Waals surface area contributed by atoms with Crippen molar-refractivity contribution in [2.24, 2.45) is 0 Å². The van der Waals surface area contributed by atoms with Crippen molar-refractivity contribution in [2.75, 3.05) is 19.8 Å². The van der Waals surface area contributed by atoms with Crippen LogP contribution in [0.2, 0.25) is 0 Å². The van der Waals surface area contributed by atoms with E-state index in [4.69, 9.17) is 9.47 Å². The maximum absolute atomic E-state index is 12.1. The van der Waals surface area contributed by atoms with Gasteiger partial charge >= 0.3 is 5.97 Å². The molecule has 1 unspecified atom stereocenters. The van der Waals surface area contributed by atoms with Gasteiger partial charge in [-0.05, 0) is 57.8 Å². The monoisotopic (exact) mass is 579 g/mol. The first-order valence-electron chi connectivity index (χ1n) is 17.9. The van der Waals surface area contributed by atoms with Gasteiger partial charge in [-0.15, -0.1) is 0 Å². The van der Waals surface area contributed by atoms with Crippen LogP contribution in [-0.2, 0) is 14.3 Å². The Labute approximate surface area is 256 Å². The van der Waals surface area contributed by atoms with E-state index in [1.807, 2.05) is 0 Å². The smallest absolute Gasteiger partial charge is 0.306 e. The van der Waals surface area contributed by atoms with E-state index in [0.29, 0.717) is 19.6 Å². The van der Waals surface area contributed by atoms with Gasteiger partial charge < -0.3 is 14.6 Å². The molecule has 0 fully saturated rings. The highest BCUT2D eigenvalue weighted by Gasteiger charge is 2.13. The van der Waals surface area contributed by atoms with E-state index >= 15 is 0 Å². The lowest BCUT2D eigenvalue weighted by atomic mass is 10.1. The Balaban J connectivity index is 3.41. The van der Waals surface area contributed by atoms with Crippen LogP contribution in [0.25, 0.3) is 0 Å². The van der Waals surface area contributed by atoms with E-state index in [0.717, 1.165) is 25.7 Å². The number of carbonyl (C=O) groups excluding carboxylic acids is 1. The number of hydrogen-bond acceptors (Lipinski definition) is 4. The molecule has 0 radical (unpaired) electrons. The van der Waals surface area contributed by atoms with Gasteiger partial charge in [0.25, 0.3) is 0 Å². The van der Waals surface area contributed by atoms with Crippen molar-refractivity contribution in [3.63, 3.8) is 0 Å². The summed E-state index contributed by atoms with van der Waals surface area (Å²) in [6.45, 7) is 5.27. The second-order valence-electron chi connectivity index (χ2n) is 11.9. The summed E-state index contributed by atoms with van der Waals surface area (Å²) in [6.07, 6.45) is 40.8. The van der Waals surface area contributed by atoms with Crippen LogP contribution in [-0.4, -0.2) is 37.0 Å². The Bertz CT molecular complexity index is 571. The Morgan fingerprint density at radius 2 is 1.00 bits per heavy atom. The molecule has 0 aromatic heterocycles. The number of ether oxygens (including phenoxy) is 2. The fourth-order valence-electron chi connectivity index (χ4n) is 5.03. The minimum absolute atomic E-state index is 0.174. The second-order valence-corrected chi connectivity index (χ2v) is 11.9. The molecule has 0 aromatic carbocycles. The van der Waals surface area contributed by atoms with Crippen LogP contribution in [0, 0.1) is 0 Å². The molecule has 0 aliphatic heterocycles. The maximum atomic E-state index is 12.1. The molecule has 41 heavy (non-hydrogen) atoms. The van der Waals surface area contributed by atoms with E-state index in [2.05, 4.69) is 38.2 Å². The standard InChI is InChI=1S/C37H70O4/c1-3-5-7-9-11-13-15-16-17-18-19-20-21-22-23-25-27-29-31-33-40-35-36(34-38)41-37(39)32-30-28-26-24-14-12-10-8-6-4-2/h8,10,17-18,36,38H,3-7,9,11-16,19-35H2,1-2H3/b10-8-,18-17-. The zero-order chi connectivity index (χ0) is 29.9. The van der Waals surface area contributed by atoms with Gasteiger partial charge in [-0.1, -0.05) is 141 Å². The van der Waals surface area contributed by atoms with Crippen LogP contribution < -0.4 is 0 Å². The molecular weight excluding hydrogens is 508 g/mol. The van der Waals surface area contributed by atoms with Crippen LogP contribution in [0.4, 0.5) is 0 Å². The third kappa shape index (κ3) is 33.2. The van der Waals surface area contributed by atoms with Crippen LogP contribution in [0.5, 0.6) is 0 Å². The minimum Gasteiger partial charge on any atom is -0.457 e. The molecule has 4 heteroatoms. The SMILES string of the molecule is CCC/C=C\CCCCCCCC(=O)OC(CO)COCCCCCCCCCC/C=C\CCCCCCCCC. The molecule has 0 heterocycles. The fraction of sp³-hybridized carbons (Fsp3) is 0.865. The van der Waals surface area contributed by atoms with Gasteiger partial charge in [-0.3, -0.25) is 4.79 Å². The van der Waals surface area contributed by atoms with Gasteiger partial charge in [0.05, 0.1) is 13.2 Å². The quantitative estimate of drug-likeness (QED) is 0.0478. The number of aliphatic hydroxyl groups excluding tert-OH is 1. The molecule has 1 N–H and O–H groups in total. The zero-order valence-corrected chi connectivity index (χ0v) is 27.6. The molecule has 0 amide bonds. The lowest BCUT2D eigenvalue weighted by molar-refractivity contribution is -0.154. The fourth-order valence-corrected chi connectivity index (χ4v) is 5.03. The van der Waals surface area contributed by atoms with Crippen molar-refractivity contribution in [3.8, 4) is 0 Å². The molecule has 4 nitrogen and oxygen atoms in total. The van der Waals surface area contributed by atoms with Gasteiger partial charge in [0.15, 0.2) is 0 Å². The predicted molar refractivity (Wildman–Crippen MR) is 177 cm³/mol.